The molecule has 0 N–H and O–H groups in total. The molecule has 4 rings (SSSR count). The van der Waals surface area contributed by atoms with Crippen LogP contribution in [0.5, 0.6) is 0 Å². The van der Waals surface area contributed by atoms with Gasteiger partial charge in [0.15, 0.2) is 0 Å². The number of amides is 2. The number of carbonyl (C=O) groups excluding carboxylic acids is 2. The molecule has 29 heavy (non-hydrogen) atoms. The smallest absolute Gasteiger partial charge is 0.259 e. The molecule has 148 valence electrons. The highest BCUT2D eigenvalue weighted by Crippen LogP contribution is 2.31. The molecule has 0 aliphatic carbocycles. The van der Waals surface area contributed by atoms with Gasteiger partial charge in [0.1, 0.15) is 17.0 Å². The highest BCUT2D eigenvalue weighted by Gasteiger charge is 2.30. The molecule has 3 aromatic rings. The molecule has 3 heterocycles. The lowest BCUT2D eigenvalue weighted by Gasteiger charge is -2.34. The van der Waals surface area contributed by atoms with Crippen LogP contribution in [0, 0.1) is 6.92 Å². The molecule has 0 saturated carbocycles. The molecule has 0 bridgehead atoms. The van der Waals surface area contributed by atoms with E-state index in [2.05, 4.69) is 10.1 Å². The van der Waals surface area contributed by atoms with Crippen LogP contribution in [0.3, 0.4) is 0 Å². The molecule has 0 radical (unpaired) electrons. The van der Waals surface area contributed by atoms with Crippen LogP contribution >= 0.6 is 11.6 Å². The van der Waals surface area contributed by atoms with E-state index in [0.717, 1.165) is 0 Å². The van der Waals surface area contributed by atoms with E-state index in [1.807, 2.05) is 12.1 Å². The minimum absolute atomic E-state index is 0.0805. The van der Waals surface area contributed by atoms with Gasteiger partial charge in [-0.05, 0) is 25.1 Å². The number of halogens is 1. The van der Waals surface area contributed by atoms with Crippen molar-refractivity contribution in [1.29, 1.82) is 0 Å². The average molecular weight is 411 g/mol. The Hall–Kier alpha value is -3.19. The van der Waals surface area contributed by atoms with Crippen LogP contribution in [0.1, 0.15) is 26.5 Å². The summed E-state index contributed by atoms with van der Waals surface area (Å²) in [6.45, 7) is 3.47. The first-order valence-corrected chi connectivity index (χ1v) is 9.64. The third-order valence-corrected chi connectivity index (χ3v) is 5.30. The first kappa shape index (κ1) is 19.1. The van der Waals surface area contributed by atoms with Gasteiger partial charge in [0.2, 0.25) is 0 Å². The topological polar surface area (TPSA) is 79.5 Å². The second-order valence-corrected chi connectivity index (χ2v) is 7.18. The summed E-state index contributed by atoms with van der Waals surface area (Å²) in [5.74, 6) is 0.189. The predicted molar refractivity (Wildman–Crippen MR) is 108 cm³/mol. The zero-order valence-electron chi connectivity index (χ0n) is 15.8. The zero-order valence-corrected chi connectivity index (χ0v) is 16.6. The van der Waals surface area contributed by atoms with Gasteiger partial charge in [-0.15, -0.1) is 0 Å². The van der Waals surface area contributed by atoms with E-state index in [0.29, 0.717) is 59.3 Å². The highest BCUT2D eigenvalue weighted by atomic mass is 35.5. The Morgan fingerprint density at radius 3 is 2.34 bits per heavy atom. The monoisotopic (exact) mass is 410 g/mol. The van der Waals surface area contributed by atoms with Crippen molar-refractivity contribution in [3.63, 3.8) is 0 Å². The van der Waals surface area contributed by atoms with Crippen molar-refractivity contribution >= 4 is 23.4 Å². The number of carbonyl (C=O) groups is 2. The molecule has 7 nitrogen and oxygen atoms in total. The molecule has 1 fully saturated rings. The summed E-state index contributed by atoms with van der Waals surface area (Å²) in [7, 11) is 0. The Morgan fingerprint density at radius 1 is 1.00 bits per heavy atom. The summed E-state index contributed by atoms with van der Waals surface area (Å²) in [6.07, 6.45) is 3.18. The second kappa shape index (κ2) is 8.05. The molecule has 2 amide bonds. The van der Waals surface area contributed by atoms with Crippen LogP contribution in [0.15, 0.2) is 53.3 Å². The normalized spacial score (nSPS) is 14.1. The Morgan fingerprint density at radius 2 is 1.69 bits per heavy atom. The van der Waals surface area contributed by atoms with E-state index in [1.54, 1.807) is 53.4 Å². The van der Waals surface area contributed by atoms with Crippen molar-refractivity contribution in [2.24, 2.45) is 0 Å². The van der Waals surface area contributed by atoms with Crippen LogP contribution in [0.4, 0.5) is 0 Å². The number of hydrogen-bond acceptors (Lipinski definition) is 5. The lowest BCUT2D eigenvalue weighted by Crippen LogP contribution is -2.50. The number of piperazine rings is 1. The van der Waals surface area contributed by atoms with Gasteiger partial charge >= 0.3 is 0 Å². The lowest BCUT2D eigenvalue weighted by molar-refractivity contribution is 0.0534. The fourth-order valence-electron chi connectivity index (χ4n) is 3.40. The van der Waals surface area contributed by atoms with E-state index in [-0.39, 0.29) is 11.8 Å². The lowest BCUT2D eigenvalue weighted by atomic mass is 10.0. The standard InChI is InChI=1S/C21H19ClN4O3/c1-14-18(19(24-29-14)16-6-2-3-7-17(16)22)21(28)26-11-9-25(10-12-26)20(27)15-5-4-8-23-13-15/h2-8,13H,9-12H2,1H3. The van der Waals surface area contributed by atoms with E-state index in [4.69, 9.17) is 16.1 Å². The molecule has 8 heteroatoms. The summed E-state index contributed by atoms with van der Waals surface area (Å²) < 4.78 is 5.31. The molecule has 1 saturated heterocycles. The van der Waals surface area contributed by atoms with Crippen LogP contribution < -0.4 is 0 Å². The van der Waals surface area contributed by atoms with Gasteiger partial charge in [-0.2, -0.15) is 0 Å². The second-order valence-electron chi connectivity index (χ2n) is 6.77. The fourth-order valence-corrected chi connectivity index (χ4v) is 3.63. The maximum absolute atomic E-state index is 13.2. The fraction of sp³-hybridized carbons (Fsp3) is 0.238. The number of aromatic nitrogens is 2. The molecule has 2 aromatic heterocycles. The Labute approximate surface area is 172 Å². The molecule has 0 unspecified atom stereocenters. The number of hydrogen-bond donors (Lipinski definition) is 0. The molecular formula is C21H19ClN4O3. The molecule has 1 aromatic carbocycles. The summed E-state index contributed by atoms with van der Waals surface area (Å²) in [6, 6.07) is 10.7. The Balaban J connectivity index is 1.51. The first-order chi connectivity index (χ1) is 14.1. The van der Waals surface area contributed by atoms with Gasteiger partial charge in [0, 0.05) is 44.1 Å². The van der Waals surface area contributed by atoms with Gasteiger partial charge < -0.3 is 14.3 Å². The summed E-state index contributed by atoms with van der Waals surface area (Å²) in [5, 5.41) is 4.57. The largest absolute Gasteiger partial charge is 0.360 e. The Bertz CT molecular complexity index is 1040. The third kappa shape index (κ3) is 3.73. The van der Waals surface area contributed by atoms with Gasteiger partial charge in [-0.3, -0.25) is 14.6 Å². The van der Waals surface area contributed by atoms with Crippen LogP contribution in [0.2, 0.25) is 5.02 Å². The van der Waals surface area contributed by atoms with Gasteiger partial charge in [-0.25, -0.2) is 0 Å². The number of pyridine rings is 1. The van der Waals surface area contributed by atoms with Crippen LogP contribution in [-0.4, -0.2) is 57.9 Å². The number of nitrogens with zero attached hydrogens (tertiary/aromatic N) is 4. The van der Waals surface area contributed by atoms with Crippen LogP contribution in [-0.2, 0) is 0 Å². The molecule has 0 atom stereocenters. The van der Waals surface area contributed by atoms with Gasteiger partial charge in [-0.1, -0.05) is 35.0 Å². The van der Waals surface area contributed by atoms with Gasteiger partial charge in [0.05, 0.1) is 10.6 Å². The van der Waals surface area contributed by atoms with E-state index in [9.17, 15) is 9.59 Å². The van der Waals surface area contributed by atoms with Crippen molar-refractivity contribution in [3.05, 3.63) is 70.7 Å². The zero-order chi connectivity index (χ0) is 20.4. The van der Waals surface area contributed by atoms with Crippen molar-refractivity contribution in [1.82, 2.24) is 19.9 Å². The van der Waals surface area contributed by atoms with Crippen molar-refractivity contribution in [2.45, 2.75) is 6.92 Å². The highest BCUT2D eigenvalue weighted by molar-refractivity contribution is 6.33. The van der Waals surface area contributed by atoms with Gasteiger partial charge in [0.25, 0.3) is 11.8 Å². The predicted octanol–water partition coefficient (Wildman–Crippen LogP) is 3.30. The maximum Gasteiger partial charge on any atom is 0.259 e. The van der Waals surface area contributed by atoms with E-state index < -0.39 is 0 Å². The first-order valence-electron chi connectivity index (χ1n) is 9.26. The molecule has 1 aliphatic heterocycles. The number of benzene rings is 1. The van der Waals surface area contributed by atoms with E-state index >= 15 is 0 Å². The third-order valence-electron chi connectivity index (χ3n) is 4.97. The quantitative estimate of drug-likeness (QED) is 0.661. The molecular weight excluding hydrogens is 392 g/mol. The van der Waals surface area contributed by atoms with Crippen molar-refractivity contribution in [2.75, 3.05) is 26.2 Å². The van der Waals surface area contributed by atoms with Crippen molar-refractivity contribution in [3.8, 4) is 11.3 Å². The number of aryl methyl sites for hydroxylation is 1. The maximum atomic E-state index is 13.2. The average Bonchev–Trinajstić information content (AvgIpc) is 3.15. The molecule has 0 spiro atoms. The summed E-state index contributed by atoms with van der Waals surface area (Å²) >= 11 is 6.29. The molecule has 1 aliphatic rings. The summed E-state index contributed by atoms with van der Waals surface area (Å²) in [4.78, 5) is 33.2. The summed E-state index contributed by atoms with van der Waals surface area (Å²) in [5.41, 5.74) is 2.04. The minimum atomic E-state index is -0.174. The van der Waals surface area contributed by atoms with Crippen molar-refractivity contribution < 1.29 is 14.1 Å². The number of rotatable bonds is 3. The Kier molecular flexibility index (Phi) is 5.31. The minimum Gasteiger partial charge on any atom is -0.360 e. The van der Waals surface area contributed by atoms with Crippen LogP contribution in [0.25, 0.3) is 11.3 Å². The SMILES string of the molecule is Cc1onc(-c2ccccc2Cl)c1C(=O)N1CCN(C(=O)c2cccnc2)CC1. The van der Waals surface area contributed by atoms with E-state index in [1.165, 1.54) is 0 Å².